The fraction of sp³-hybridized carbons (Fsp3) is 0.464. The molecular weight excluding hydrogens is 380 g/mol. The fourth-order valence-corrected chi connectivity index (χ4v) is 5.08. The SMILES string of the molecule is NCCCCCCCCCCCCN1Cc2ccccc2C2=C1c1ccccc1C2=O. The number of benzene rings is 2. The zero-order valence-corrected chi connectivity index (χ0v) is 18.7. The fourth-order valence-electron chi connectivity index (χ4n) is 5.08. The zero-order chi connectivity index (χ0) is 21.5. The van der Waals surface area contributed by atoms with Crippen LogP contribution in [0.2, 0.25) is 0 Å². The minimum Gasteiger partial charge on any atom is -0.366 e. The Balaban J connectivity index is 1.31. The van der Waals surface area contributed by atoms with Crippen molar-refractivity contribution in [3.05, 3.63) is 70.8 Å². The van der Waals surface area contributed by atoms with E-state index in [1.807, 2.05) is 18.2 Å². The van der Waals surface area contributed by atoms with Gasteiger partial charge in [-0.25, -0.2) is 0 Å². The van der Waals surface area contributed by atoms with Crippen LogP contribution in [0.25, 0.3) is 11.3 Å². The topological polar surface area (TPSA) is 46.3 Å². The van der Waals surface area contributed by atoms with Gasteiger partial charge in [-0.1, -0.05) is 99.9 Å². The average molecular weight is 417 g/mol. The highest BCUT2D eigenvalue weighted by molar-refractivity contribution is 6.40. The number of carbonyl (C=O) groups is 1. The van der Waals surface area contributed by atoms with Crippen molar-refractivity contribution in [1.29, 1.82) is 0 Å². The summed E-state index contributed by atoms with van der Waals surface area (Å²) < 4.78 is 0. The summed E-state index contributed by atoms with van der Waals surface area (Å²) in [7, 11) is 0. The molecule has 0 saturated carbocycles. The van der Waals surface area contributed by atoms with Crippen molar-refractivity contribution in [3.8, 4) is 0 Å². The van der Waals surface area contributed by atoms with Crippen LogP contribution in [0.3, 0.4) is 0 Å². The summed E-state index contributed by atoms with van der Waals surface area (Å²) in [5, 5.41) is 0. The van der Waals surface area contributed by atoms with Crippen LogP contribution in [0.1, 0.15) is 91.3 Å². The second-order valence-electron chi connectivity index (χ2n) is 9.00. The van der Waals surface area contributed by atoms with Gasteiger partial charge in [0.15, 0.2) is 5.78 Å². The molecular formula is C28H36N2O. The molecule has 3 heteroatoms. The van der Waals surface area contributed by atoms with Crippen LogP contribution in [0, 0.1) is 0 Å². The van der Waals surface area contributed by atoms with Crippen LogP contribution >= 0.6 is 0 Å². The van der Waals surface area contributed by atoms with E-state index in [0.29, 0.717) is 0 Å². The van der Waals surface area contributed by atoms with Gasteiger partial charge in [0.25, 0.3) is 0 Å². The van der Waals surface area contributed by atoms with Crippen molar-refractivity contribution in [2.75, 3.05) is 13.1 Å². The number of hydrogen-bond acceptors (Lipinski definition) is 3. The standard InChI is InChI=1S/C28H36N2O/c29-19-13-7-5-3-1-2-4-6-8-14-20-30-21-22-15-9-10-16-23(22)26-27(30)24-17-11-12-18-25(24)28(26)31/h9-12,15-18H,1-8,13-14,19-21,29H2. The van der Waals surface area contributed by atoms with Crippen LogP contribution in [0.4, 0.5) is 0 Å². The number of nitrogens with two attached hydrogens (primary N) is 1. The molecule has 0 amide bonds. The Hall–Kier alpha value is -2.39. The second kappa shape index (κ2) is 10.8. The van der Waals surface area contributed by atoms with Gasteiger partial charge in [-0.2, -0.15) is 0 Å². The summed E-state index contributed by atoms with van der Waals surface area (Å²) in [6.45, 7) is 2.76. The Kier molecular flexibility index (Phi) is 7.58. The predicted molar refractivity (Wildman–Crippen MR) is 130 cm³/mol. The number of carbonyl (C=O) groups excluding carboxylic acids is 1. The maximum Gasteiger partial charge on any atom is 0.196 e. The first-order valence-electron chi connectivity index (χ1n) is 12.2. The largest absolute Gasteiger partial charge is 0.366 e. The van der Waals surface area contributed by atoms with E-state index in [0.717, 1.165) is 47.6 Å². The number of nitrogens with zero attached hydrogens (tertiary/aromatic N) is 1. The summed E-state index contributed by atoms with van der Waals surface area (Å²) in [4.78, 5) is 15.7. The molecule has 2 N–H and O–H groups in total. The monoisotopic (exact) mass is 416 g/mol. The third-order valence-electron chi connectivity index (χ3n) is 6.74. The first kappa shape index (κ1) is 21.8. The van der Waals surface area contributed by atoms with Crippen LogP contribution in [-0.2, 0) is 6.54 Å². The number of fused-ring (bicyclic) bond motifs is 4. The first-order valence-corrected chi connectivity index (χ1v) is 12.2. The van der Waals surface area contributed by atoms with Gasteiger partial charge in [-0.15, -0.1) is 0 Å². The normalized spacial score (nSPS) is 14.6. The predicted octanol–water partition coefficient (Wildman–Crippen LogP) is 6.43. The molecule has 2 aliphatic rings. The van der Waals surface area contributed by atoms with Gasteiger partial charge in [0.1, 0.15) is 0 Å². The molecule has 3 nitrogen and oxygen atoms in total. The molecule has 0 spiro atoms. The molecule has 1 aliphatic heterocycles. The van der Waals surface area contributed by atoms with E-state index in [-0.39, 0.29) is 5.78 Å². The van der Waals surface area contributed by atoms with E-state index in [9.17, 15) is 4.79 Å². The molecule has 1 heterocycles. The van der Waals surface area contributed by atoms with E-state index >= 15 is 0 Å². The molecule has 0 fully saturated rings. The maximum atomic E-state index is 13.2. The quantitative estimate of drug-likeness (QED) is 0.406. The lowest BCUT2D eigenvalue weighted by Gasteiger charge is -2.32. The highest BCUT2D eigenvalue weighted by atomic mass is 16.1. The van der Waals surface area contributed by atoms with Crippen molar-refractivity contribution in [2.24, 2.45) is 5.73 Å². The second-order valence-corrected chi connectivity index (χ2v) is 9.00. The molecule has 1 aliphatic carbocycles. The Labute approximate surface area is 187 Å². The summed E-state index contributed by atoms with van der Waals surface area (Å²) in [6.07, 6.45) is 13.0. The minimum atomic E-state index is 0.189. The summed E-state index contributed by atoms with van der Waals surface area (Å²) in [5.74, 6) is 0.189. The van der Waals surface area contributed by atoms with E-state index < -0.39 is 0 Å². The van der Waals surface area contributed by atoms with Crippen molar-refractivity contribution in [2.45, 2.75) is 70.8 Å². The number of allylic oxidation sites excluding steroid dienone is 1. The number of Topliss-reactive ketones (excluding diaryl/α,β-unsaturated/α-hetero) is 1. The zero-order valence-electron chi connectivity index (χ0n) is 18.7. The van der Waals surface area contributed by atoms with Gasteiger partial charge in [0.2, 0.25) is 0 Å². The average Bonchev–Trinajstić information content (AvgIpc) is 3.11. The van der Waals surface area contributed by atoms with Crippen molar-refractivity contribution < 1.29 is 4.79 Å². The van der Waals surface area contributed by atoms with Gasteiger partial charge in [-0.3, -0.25) is 4.79 Å². The van der Waals surface area contributed by atoms with Crippen molar-refractivity contribution in [3.63, 3.8) is 0 Å². The Bertz CT molecular complexity index is 930. The van der Waals surface area contributed by atoms with Gasteiger partial charge < -0.3 is 10.6 Å². The van der Waals surface area contributed by atoms with Gasteiger partial charge in [-0.05, 0) is 30.5 Å². The molecule has 0 atom stereocenters. The molecule has 4 rings (SSSR count). The van der Waals surface area contributed by atoms with E-state index in [1.54, 1.807) is 0 Å². The number of ketones is 1. The Morgan fingerprint density at radius 1 is 0.677 bits per heavy atom. The summed E-state index contributed by atoms with van der Waals surface area (Å²) in [5.41, 5.74) is 12.0. The van der Waals surface area contributed by atoms with Crippen LogP contribution in [-0.4, -0.2) is 23.8 Å². The molecule has 2 aromatic carbocycles. The molecule has 2 aromatic rings. The summed E-state index contributed by atoms with van der Waals surface area (Å²) in [6, 6.07) is 16.5. The smallest absolute Gasteiger partial charge is 0.196 e. The molecule has 0 bridgehead atoms. The molecule has 0 unspecified atom stereocenters. The number of hydrogen-bond donors (Lipinski definition) is 1. The van der Waals surface area contributed by atoms with E-state index in [4.69, 9.17) is 5.73 Å². The van der Waals surface area contributed by atoms with Crippen LogP contribution in [0.15, 0.2) is 48.5 Å². The molecule has 0 aromatic heterocycles. The lowest BCUT2D eigenvalue weighted by Crippen LogP contribution is -2.27. The maximum absolute atomic E-state index is 13.2. The third-order valence-corrected chi connectivity index (χ3v) is 6.74. The summed E-state index contributed by atoms with van der Waals surface area (Å²) >= 11 is 0. The Morgan fingerprint density at radius 2 is 1.23 bits per heavy atom. The third kappa shape index (κ3) is 4.93. The first-order chi connectivity index (χ1) is 15.3. The van der Waals surface area contributed by atoms with Crippen LogP contribution in [0.5, 0.6) is 0 Å². The molecule has 164 valence electrons. The van der Waals surface area contributed by atoms with E-state index in [1.165, 1.54) is 69.8 Å². The lowest BCUT2D eigenvalue weighted by molar-refractivity contribution is 0.105. The van der Waals surface area contributed by atoms with Crippen molar-refractivity contribution in [1.82, 2.24) is 4.90 Å². The number of unbranched alkanes of at least 4 members (excludes halogenated alkanes) is 9. The molecule has 0 radical (unpaired) electrons. The minimum absolute atomic E-state index is 0.189. The van der Waals surface area contributed by atoms with Gasteiger partial charge in [0.05, 0.1) is 11.3 Å². The number of rotatable bonds is 12. The lowest BCUT2D eigenvalue weighted by atomic mass is 9.92. The van der Waals surface area contributed by atoms with E-state index in [2.05, 4.69) is 35.2 Å². The molecule has 31 heavy (non-hydrogen) atoms. The highest BCUT2D eigenvalue weighted by Gasteiger charge is 2.36. The van der Waals surface area contributed by atoms with Crippen molar-refractivity contribution >= 4 is 17.1 Å². The highest BCUT2D eigenvalue weighted by Crippen LogP contribution is 2.44. The van der Waals surface area contributed by atoms with Crippen LogP contribution < -0.4 is 5.73 Å². The van der Waals surface area contributed by atoms with Gasteiger partial charge in [0, 0.05) is 24.2 Å². The van der Waals surface area contributed by atoms with Gasteiger partial charge >= 0.3 is 0 Å². The Morgan fingerprint density at radius 3 is 1.90 bits per heavy atom. The molecule has 0 saturated heterocycles.